The Morgan fingerprint density at radius 3 is 2.11 bits per heavy atom. The number of nitrogens with zero attached hydrogens (tertiary/aromatic N) is 3. The van der Waals surface area contributed by atoms with Gasteiger partial charge in [0.25, 0.3) is 0 Å². The quantitative estimate of drug-likeness (QED) is 0.536. The third-order valence-corrected chi connectivity index (χ3v) is 6.48. The van der Waals surface area contributed by atoms with Crippen LogP contribution in [0.4, 0.5) is 33.3 Å². The molecule has 2 aliphatic rings. The van der Waals surface area contributed by atoms with Crippen molar-refractivity contribution in [1.29, 1.82) is 0 Å². The van der Waals surface area contributed by atoms with E-state index in [1.807, 2.05) is 4.90 Å². The second-order valence-electron chi connectivity index (χ2n) is 8.74. The Labute approximate surface area is 195 Å². The second kappa shape index (κ2) is 8.24. The first-order valence-corrected chi connectivity index (χ1v) is 11.0. The molecule has 2 heterocycles. The normalized spacial score (nSPS) is 16.7. The van der Waals surface area contributed by atoms with Gasteiger partial charge in [-0.15, -0.1) is 0 Å². The SMILES string of the molecule is O=C(O)c1cn(C2CC2)c2c(C(F)(F)F)c(N3CCN(c4ccc(F)cc4)CC3)c(F)cc2c1=O. The molecule has 35 heavy (non-hydrogen) atoms. The van der Waals surface area contributed by atoms with Crippen LogP contribution in [0.1, 0.15) is 34.8 Å². The molecular formula is C24H20F5N3O3. The molecule has 3 aromatic rings. The van der Waals surface area contributed by atoms with E-state index in [-0.39, 0.29) is 26.2 Å². The lowest BCUT2D eigenvalue weighted by atomic mass is 10.0. The maximum absolute atomic E-state index is 15.3. The average molecular weight is 493 g/mol. The summed E-state index contributed by atoms with van der Waals surface area (Å²) in [7, 11) is 0. The highest BCUT2D eigenvalue weighted by Crippen LogP contribution is 2.46. The van der Waals surface area contributed by atoms with Gasteiger partial charge in [0.05, 0.1) is 16.6 Å². The molecule has 0 amide bonds. The van der Waals surface area contributed by atoms with Crippen molar-refractivity contribution in [3.63, 3.8) is 0 Å². The molecule has 1 aromatic heterocycles. The number of fused-ring (bicyclic) bond motifs is 1. The lowest BCUT2D eigenvalue weighted by molar-refractivity contribution is -0.136. The van der Waals surface area contributed by atoms with Crippen molar-refractivity contribution < 1.29 is 31.9 Å². The van der Waals surface area contributed by atoms with Crippen LogP contribution in [0.5, 0.6) is 0 Å². The molecule has 0 bridgehead atoms. The molecule has 184 valence electrons. The van der Waals surface area contributed by atoms with Crippen LogP contribution in [0.15, 0.2) is 41.3 Å². The number of carboxylic acids is 1. The molecule has 1 aliphatic carbocycles. The highest BCUT2D eigenvalue weighted by Gasteiger charge is 2.42. The minimum absolute atomic E-state index is 0.0593. The van der Waals surface area contributed by atoms with Crippen LogP contribution in [-0.2, 0) is 6.18 Å². The second-order valence-corrected chi connectivity index (χ2v) is 8.74. The number of carboxylic acid groups (broad SMARTS) is 1. The third kappa shape index (κ3) is 4.08. The van der Waals surface area contributed by atoms with Gasteiger partial charge in [0, 0.05) is 44.1 Å². The molecule has 1 aliphatic heterocycles. The molecule has 1 N–H and O–H groups in total. The van der Waals surface area contributed by atoms with E-state index in [0.717, 1.165) is 12.3 Å². The van der Waals surface area contributed by atoms with E-state index in [1.165, 1.54) is 21.6 Å². The number of aromatic nitrogens is 1. The Balaban J connectivity index is 1.64. The molecule has 1 saturated carbocycles. The van der Waals surface area contributed by atoms with Crippen molar-refractivity contribution in [3.8, 4) is 0 Å². The molecular weight excluding hydrogens is 473 g/mol. The van der Waals surface area contributed by atoms with Crippen LogP contribution in [0.2, 0.25) is 0 Å². The zero-order chi connectivity index (χ0) is 25.1. The van der Waals surface area contributed by atoms with Gasteiger partial charge in [-0.2, -0.15) is 13.2 Å². The number of piperazine rings is 1. The number of hydrogen-bond donors (Lipinski definition) is 1. The minimum Gasteiger partial charge on any atom is -0.477 e. The molecule has 0 unspecified atom stereocenters. The fraction of sp³-hybridized carbons (Fsp3) is 0.333. The van der Waals surface area contributed by atoms with Gasteiger partial charge in [-0.3, -0.25) is 4.79 Å². The Morgan fingerprint density at radius 2 is 1.57 bits per heavy atom. The largest absolute Gasteiger partial charge is 0.477 e. The van der Waals surface area contributed by atoms with E-state index in [2.05, 4.69) is 0 Å². The number of pyridine rings is 1. The van der Waals surface area contributed by atoms with Gasteiger partial charge in [-0.25, -0.2) is 13.6 Å². The predicted molar refractivity (Wildman–Crippen MR) is 119 cm³/mol. The molecule has 2 fully saturated rings. The van der Waals surface area contributed by atoms with Crippen molar-refractivity contribution >= 4 is 28.2 Å². The van der Waals surface area contributed by atoms with Gasteiger partial charge in [-0.1, -0.05) is 0 Å². The van der Waals surface area contributed by atoms with Gasteiger partial charge in [-0.05, 0) is 43.2 Å². The van der Waals surface area contributed by atoms with E-state index in [1.54, 1.807) is 12.1 Å². The number of halogens is 5. The number of alkyl halides is 3. The summed E-state index contributed by atoms with van der Waals surface area (Å²) >= 11 is 0. The summed E-state index contributed by atoms with van der Waals surface area (Å²) < 4.78 is 73.2. The van der Waals surface area contributed by atoms with Crippen LogP contribution < -0.4 is 15.2 Å². The number of aromatic carboxylic acids is 1. The summed E-state index contributed by atoms with van der Waals surface area (Å²) in [5, 5.41) is 8.78. The zero-order valence-electron chi connectivity index (χ0n) is 18.3. The van der Waals surface area contributed by atoms with Crippen molar-refractivity contribution in [2.75, 3.05) is 36.0 Å². The smallest absolute Gasteiger partial charge is 0.420 e. The first kappa shape index (κ1) is 23.1. The van der Waals surface area contributed by atoms with Crippen molar-refractivity contribution in [3.05, 3.63) is 69.5 Å². The van der Waals surface area contributed by atoms with Crippen molar-refractivity contribution in [2.24, 2.45) is 0 Å². The molecule has 2 aromatic carbocycles. The highest BCUT2D eigenvalue weighted by atomic mass is 19.4. The molecule has 0 spiro atoms. The average Bonchev–Trinajstić information content (AvgIpc) is 3.64. The van der Waals surface area contributed by atoms with E-state index >= 15 is 4.39 Å². The van der Waals surface area contributed by atoms with E-state index < -0.39 is 63.0 Å². The van der Waals surface area contributed by atoms with Crippen LogP contribution in [0.25, 0.3) is 10.9 Å². The fourth-order valence-corrected chi connectivity index (χ4v) is 4.69. The van der Waals surface area contributed by atoms with Crippen LogP contribution >= 0.6 is 0 Å². The Hall–Kier alpha value is -3.63. The summed E-state index contributed by atoms with van der Waals surface area (Å²) in [5.74, 6) is -3.23. The van der Waals surface area contributed by atoms with Gasteiger partial charge >= 0.3 is 12.1 Å². The molecule has 5 rings (SSSR count). The molecule has 6 nitrogen and oxygen atoms in total. The lowest BCUT2D eigenvalue weighted by Crippen LogP contribution is -2.47. The minimum atomic E-state index is -5.00. The van der Waals surface area contributed by atoms with E-state index in [9.17, 15) is 32.3 Å². The monoisotopic (exact) mass is 493 g/mol. The van der Waals surface area contributed by atoms with Gasteiger partial charge in [0.1, 0.15) is 22.8 Å². The molecule has 0 atom stereocenters. The van der Waals surface area contributed by atoms with Crippen molar-refractivity contribution in [1.82, 2.24) is 4.57 Å². The van der Waals surface area contributed by atoms with Crippen LogP contribution in [-0.4, -0.2) is 41.8 Å². The topological polar surface area (TPSA) is 65.8 Å². The molecule has 0 radical (unpaired) electrons. The molecule has 11 heteroatoms. The molecule has 1 saturated heterocycles. The zero-order valence-corrected chi connectivity index (χ0v) is 18.3. The maximum atomic E-state index is 15.3. The van der Waals surface area contributed by atoms with Crippen LogP contribution in [0, 0.1) is 11.6 Å². The summed E-state index contributed by atoms with van der Waals surface area (Å²) in [6.45, 7) is 0.662. The van der Waals surface area contributed by atoms with Gasteiger partial charge in [0.15, 0.2) is 0 Å². The van der Waals surface area contributed by atoms with E-state index in [0.29, 0.717) is 18.5 Å². The number of rotatable bonds is 4. The number of hydrogen-bond acceptors (Lipinski definition) is 4. The first-order valence-electron chi connectivity index (χ1n) is 11.0. The predicted octanol–water partition coefficient (Wildman–Crippen LogP) is 4.66. The summed E-state index contributed by atoms with van der Waals surface area (Å²) in [6.07, 6.45) is -3.01. The van der Waals surface area contributed by atoms with Crippen LogP contribution in [0.3, 0.4) is 0 Å². The summed E-state index contributed by atoms with van der Waals surface area (Å²) in [4.78, 5) is 27.4. The van der Waals surface area contributed by atoms with E-state index in [4.69, 9.17) is 0 Å². The van der Waals surface area contributed by atoms with Crippen molar-refractivity contribution in [2.45, 2.75) is 25.1 Å². The summed E-state index contributed by atoms with van der Waals surface area (Å²) in [5.41, 5.74) is -3.57. The number of carbonyl (C=O) groups is 1. The standard InChI is InChI=1S/C24H20F5N3O3/c25-13-1-3-14(4-2-13)30-7-9-31(10-8-30)21-18(26)11-16-20(19(21)24(27,28)29)32(15-5-6-15)12-17(22(16)33)23(34)35/h1-4,11-12,15H,5-10H2,(H,34,35). The lowest BCUT2D eigenvalue weighted by Gasteiger charge is -2.38. The number of anilines is 2. The Bertz CT molecular complexity index is 1370. The van der Waals surface area contributed by atoms with Gasteiger partial charge in [0.2, 0.25) is 5.43 Å². The highest BCUT2D eigenvalue weighted by molar-refractivity contribution is 5.95. The fourth-order valence-electron chi connectivity index (χ4n) is 4.69. The Morgan fingerprint density at radius 1 is 0.971 bits per heavy atom. The maximum Gasteiger partial charge on any atom is 0.420 e. The summed E-state index contributed by atoms with van der Waals surface area (Å²) in [6, 6.07) is 6.03. The Kier molecular flexibility index (Phi) is 5.45. The third-order valence-electron chi connectivity index (χ3n) is 6.48. The van der Waals surface area contributed by atoms with Gasteiger partial charge < -0.3 is 19.5 Å². The number of benzene rings is 2. The first-order chi connectivity index (χ1) is 16.6.